The lowest BCUT2D eigenvalue weighted by atomic mass is 9.84. The van der Waals surface area contributed by atoms with Crippen molar-refractivity contribution in [2.75, 3.05) is 46.3 Å². The SMILES string of the molecule is CN=C(NCCN1CCN(C(=O)C2CCC2)CC1)NCc1ccccc1C.I. The summed E-state index contributed by atoms with van der Waals surface area (Å²) in [6, 6.07) is 8.39. The summed E-state index contributed by atoms with van der Waals surface area (Å²) in [6.07, 6.45) is 3.41. The van der Waals surface area contributed by atoms with Gasteiger partial charge in [-0.05, 0) is 30.9 Å². The number of amides is 1. The Morgan fingerprint density at radius 3 is 2.46 bits per heavy atom. The Balaban J connectivity index is 0.00000280. The summed E-state index contributed by atoms with van der Waals surface area (Å²) in [5.74, 6) is 1.54. The molecule has 1 aliphatic carbocycles. The molecule has 1 heterocycles. The van der Waals surface area contributed by atoms with Gasteiger partial charge in [-0.15, -0.1) is 24.0 Å². The summed E-state index contributed by atoms with van der Waals surface area (Å²) in [6.45, 7) is 8.40. The van der Waals surface area contributed by atoms with Crippen LogP contribution in [-0.4, -0.2) is 68.0 Å². The maximum atomic E-state index is 12.3. The second-order valence-corrected chi connectivity index (χ2v) is 7.57. The lowest BCUT2D eigenvalue weighted by Gasteiger charge is -2.38. The van der Waals surface area contributed by atoms with Crippen LogP contribution in [0.15, 0.2) is 29.3 Å². The van der Waals surface area contributed by atoms with Gasteiger partial charge in [-0.2, -0.15) is 0 Å². The van der Waals surface area contributed by atoms with Crippen molar-refractivity contribution in [3.63, 3.8) is 0 Å². The Labute approximate surface area is 186 Å². The number of carbonyl (C=O) groups is 1. The highest BCUT2D eigenvalue weighted by atomic mass is 127. The Morgan fingerprint density at radius 2 is 1.86 bits per heavy atom. The minimum atomic E-state index is 0. The zero-order valence-electron chi connectivity index (χ0n) is 17.1. The molecule has 6 nitrogen and oxygen atoms in total. The van der Waals surface area contributed by atoms with E-state index in [0.29, 0.717) is 11.8 Å². The fourth-order valence-electron chi connectivity index (χ4n) is 3.65. The van der Waals surface area contributed by atoms with Crippen molar-refractivity contribution in [1.82, 2.24) is 20.4 Å². The molecule has 0 unspecified atom stereocenters. The van der Waals surface area contributed by atoms with Crippen molar-refractivity contribution < 1.29 is 4.79 Å². The third-order valence-corrected chi connectivity index (χ3v) is 5.79. The number of nitrogens with one attached hydrogen (secondary N) is 2. The number of nitrogens with zero attached hydrogens (tertiary/aromatic N) is 3. The van der Waals surface area contributed by atoms with E-state index < -0.39 is 0 Å². The minimum Gasteiger partial charge on any atom is -0.355 e. The number of aliphatic imine (C=N–C) groups is 1. The van der Waals surface area contributed by atoms with Crippen molar-refractivity contribution in [2.24, 2.45) is 10.9 Å². The first kappa shape index (κ1) is 22.9. The molecule has 156 valence electrons. The maximum Gasteiger partial charge on any atom is 0.225 e. The van der Waals surface area contributed by atoms with Crippen molar-refractivity contribution in [3.05, 3.63) is 35.4 Å². The zero-order chi connectivity index (χ0) is 19.1. The number of rotatable bonds is 6. The van der Waals surface area contributed by atoms with Gasteiger partial charge in [0.1, 0.15) is 0 Å². The lowest BCUT2D eigenvalue weighted by Crippen LogP contribution is -2.52. The van der Waals surface area contributed by atoms with Crippen LogP contribution in [0.3, 0.4) is 0 Å². The molecule has 0 bridgehead atoms. The van der Waals surface area contributed by atoms with E-state index in [9.17, 15) is 4.79 Å². The van der Waals surface area contributed by atoms with Gasteiger partial charge in [0.2, 0.25) is 5.91 Å². The molecule has 7 heteroatoms. The fourth-order valence-corrected chi connectivity index (χ4v) is 3.65. The van der Waals surface area contributed by atoms with Gasteiger partial charge in [0.15, 0.2) is 5.96 Å². The number of hydrogen-bond donors (Lipinski definition) is 2. The number of piperazine rings is 1. The van der Waals surface area contributed by atoms with Gasteiger partial charge in [0.05, 0.1) is 0 Å². The summed E-state index contributed by atoms with van der Waals surface area (Å²) in [4.78, 5) is 21.1. The molecule has 0 atom stereocenters. The Hall–Kier alpha value is -1.35. The Bertz CT molecular complexity index is 654. The molecule has 0 spiro atoms. The van der Waals surface area contributed by atoms with E-state index in [4.69, 9.17) is 0 Å². The van der Waals surface area contributed by atoms with Gasteiger partial charge in [0.25, 0.3) is 0 Å². The van der Waals surface area contributed by atoms with Crippen LogP contribution >= 0.6 is 24.0 Å². The van der Waals surface area contributed by atoms with Crippen LogP contribution in [-0.2, 0) is 11.3 Å². The summed E-state index contributed by atoms with van der Waals surface area (Å²) >= 11 is 0. The van der Waals surface area contributed by atoms with Crippen LogP contribution in [0.1, 0.15) is 30.4 Å². The maximum absolute atomic E-state index is 12.3. The molecular weight excluding hydrogens is 465 g/mol. The molecule has 0 radical (unpaired) electrons. The van der Waals surface area contributed by atoms with Gasteiger partial charge < -0.3 is 15.5 Å². The summed E-state index contributed by atoms with van der Waals surface area (Å²) in [5.41, 5.74) is 2.57. The highest BCUT2D eigenvalue weighted by molar-refractivity contribution is 14.0. The Kier molecular flexibility index (Phi) is 9.50. The number of benzene rings is 1. The standard InChI is InChI=1S/C21H33N5O.HI/c1-17-6-3-4-7-19(17)16-24-21(22-2)23-10-11-25-12-14-26(15-13-25)20(27)18-8-5-9-18;/h3-4,6-7,18H,5,8-16H2,1-2H3,(H2,22,23,24);1H. The molecular formula is C21H34IN5O. The van der Waals surface area contributed by atoms with Crippen LogP contribution in [0, 0.1) is 12.8 Å². The van der Waals surface area contributed by atoms with Crippen LogP contribution in [0.4, 0.5) is 0 Å². The Morgan fingerprint density at radius 1 is 1.14 bits per heavy atom. The third-order valence-electron chi connectivity index (χ3n) is 5.79. The first-order valence-electron chi connectivity index (χ1n) is 10.2. The predicted octanol–water partition coefficient (Wildman–Crippen LogP) is 2.22. The second-order valence-electron chi connectivity index (χ2n) is 7.57. The summed E-state index contributed by atoms with van der Waals surface area (Å²) in [7, 11) is 1.80. The van der Waals surface area contributed by atoms with E-state index in [1.54, 1.807) is 7.05 Å². The summed E-state index contributed by atoms with van der Waals surface area (Å²) in [5, 5.41) is 6.77. The quantitative estimate of drug-likeness (QED) is 0.358. The monoisotopic (exact) mass is 499 g/mol. The minimum absolute atomic E-state index is 0. The topological polar surface area (TPSA) is 60.0 Å². The molecule has 2 fully saturated rings. The van der Waals surface area contributed by atoms with Crippen LogP contribution in [0.25, 0.3) is 0 Å². The fraction of sp³-hybridized carbons (Fsp3) is 0.619. The van der Waals surface area contributed by atoms with E-state index >= 15 is 0 Å². The number of carbonyl (C=O) groups excluding carboxylic acids is 1. The molecule has 2 aliphatic rings. The molecule has 2 N–H and O–H groups in total. The van der Waals surface area contributed by atoms with E-state index in [1.807, 2.05) is 0 Å². The lowest BCUT2D eigenvalue weighted by molar-refractivity contribution is -0.139. The average Bonchev–Trinajstić information content (AvgIpc) is 2.64. The average molecular weight is 499 g/mol. The van der Waals surface area contributed by atoms with E-state index in [2.05, 4.69) is 56.6 Å². The van der Waals surface area contributed by atoms with Crippen molar-refractivity contribution in [2.45, 2.75) is 32.7 Å². The molecule has 1 aliphatic heterocycles. The number of halogens is 1. The molecule has 28 heavy (non-hydrogen) atoms. The second kappa shape index (κ2) is 11.6. The predicted molar refractivity (Wildman–Crippen MR) is 125 cm³/mol. The van der Waals surface area contributed by atoms with Crippen LogP contribution in [0.5, 0.6) is 0 Å². The normalized spacial score (nSPS) is 18.2. The van der Waals surface area contributed by atoms with Crippen molar-refractivity contribution >= 4 is 35.8 Å². The molecule has 3 rings (SSSR count). The molecule has 1 saturated heterocycles. The van der Waals surface area contributed by atoms with Gasteiger partial charge >= 0.3 is 0 Å². The smallest absolute Gasteiger partial charge is 0.225 e. The first-order valence-corrected chi connectivity index (χ1v) is 10.2. The van der Waals surface area contributed by atoms with Gasteiger partial charge in [0, 0.05) is 58.8 Å². The van der Waals surface area contributed by atoms with Crippen molar-refractivity contribution in [1.29, 1.82) is 0 Å². The first-order chi connectivity index (χ1) is 13.2. The molecule has 0 aromatic heterocycles. The van der Waals surface area contributed by atoms with E-state index in [1.165, 1.54) is 17.5 Å². The number of hydrogen-bond acceptors (Lipinski definition) is 3. The highest BCUT2D eigenvalue weighted by Crippen LogP contribution is 2.28. The highest BCUT2D eigenvalue weighted by Gasteiger charge is 2.30. The molecule has 1 aromatic rings. The van der Waals surface area contributed by atoms with Gasteiger partial charge in [-0.25, -0.2) is 0 Å². The summed E-state index contributed by atoms with van der Waals surface area (Å²) < 4.78 is 0. The number of aryl methyl sites for hydroxylation is 1. The zero-order valence-corrected chi connectivity index (χ0v) is 19.4. The van der Waals surface area contributed by atoms with E-state index in [-0.39, 0.29) is 24.0 Å². The molecule has 1 aromatic carbocycles. The van der Waals surface area contributed by atoms with Crippen LogP contribution < -0.4 is 10.6 Å². The van der Waals surface area contributed by atoms with E-state index in [0.717, 1.165) is 64.6 Å². The van der Waals surface area contributed by atoms with Crippen LogP contribution in [0.2, 0.25) is 0 Å². The molecule has 1 amide bonds. The molecule has 1 saturated carbocycles. The van der Waals surface area contributed by atoms with Gasteiger partial charge in [-0.3, -0.25) is 14.7 Å². The third kappa shape index (κ3) is 6.34. The number of guanidine groups is 1. The van der Waals surface area contributed by atoms with Crippen molar-refractivity contribution in [3.8, 4) is 0 Å². The largest absolute Gasteiger partial charge is 0.355 e. The van der Waals surface area contributed by atoms with Gasteiger partial charge in [-0.1, -0.05) is 30.7 Å².